The first kappa shape index (κ1) is 14.5. The summed E-state index contributed by atoms with van der Waals surface area (Å²) in [6.45, 7) is 0. The Morgan fingerprint density at radius 1 is 1.11 bits per heavy atom. The number of allylic oxidation sites excluding steroid dienone is 2. The number of anilines is 1. The van der Waals surface area contributed by atoms with Crippen LogP contribution in [0.15, 0.2) is 29.5 Å². The highest BCUT2D eigenvalue weighted by Crippen LogP contribution is 2.30. The molecule has 19 heavy (non-hydrogen) atoms. The molecule has 0 aromatic heterocycles. The van der Waals surface area contributed by atoms with E-state index in [-0.39, 0.29) is 0 Å². The molecule has 0 unspecified atom stereocenters. The van der Waals surface area contributed by atoms with Crippen molar-refractivity contribution in [1.82, 2.24) is 0 Å². The fourth-order valence-corrected chi connectivity index (χ4v) is 1.14. The minimum Gasteiger partial charge on any atom is -0.347 e. The number of nitrogens with one attached hydrogen (secondary N) is 1. The molecule has 1 aromatic rings. The van der Waals surface area contributed by atoms with Crippen LogP contribution in [0, 0.1) is 34.3 Å². The van der Waals surface area contributed by atoms with Gasteiger partial charge in [-0.25, -0.2) is 8.78 Å². The maximum absolute atomic E-state index is 13.2. The Hall–Kier alpha value is -2.61. The second-order valence-electron chi connectivity index (χ2n) is 3.22. The highest BCUT2D eigenvalue weighted by molar-refractivity contribution is 5.56. The number of halogens is 5. The maximum atomic E-state index is 13.2. The quantitative estimate of drug-likeness (QED) is 0.664. The zero-order valence-corrected chi connectivity index (χ0v) is 9.02. The Labute approximate surface area is 104 Å². The maximum Gasteiger partial charge on any atom is 0.433 e. The zero-order valence-electron chi connectivity index (χ0n) is 9.02. The molecule has 3 nitrogen and oxygen atoms in total. The van der Waals surface area contributed by atoms with Gasteiger partial charge in [-0.1, -0.05) is 0 Å². The van der Waals surface area contributed by atoms with Gasteiger partial charge in [0.1, 0.15) is 29.5 Å². The molecule has 1 aromatic carbocycles. The fourth-order valence-electron chi connectivity index (χ4n) is 1.14. The van der Waals surface area contributed by atoms with Gasteiger partial charge >= 0.3 is 6.18 Å². The average molecular weight is 273 g/mol. The molecule has 0 bridgehead atoms. The van der Waals surface area contributed by atoms with Crippen molar-refractivity contribution >= 4 is 5.69 Å². The summed E-state index contributed by atoms with van der Waals surface area (Å²) >= 11 is 0. The first-order valence-corrected chi connectivity index (χ1v) is 4.63. The van der Waals surface area contributed by atoms with Crippen molar-refractivity contribution in [2.75, 3.05) is 5.32 Å². The third-order valence-electron chi connectivity index (χ3n) is 1.95. The number of hydrogen-bond acceptors (Lipinski definition) is 3. The average Bonchev–Trinajstić information content (AvgIpc) is 2.32. The number of rotatable bonds is 2. The summed E-state index contributed by atoms with van der Waals surface area (Å²) in [4.78, 5) is 0. The minimum absolute atomic E-state index is 0.480. The van der Waals surface area contributed by atoms with E-state index in [9.17, 15) is 22.0 Å². The topological polar surface area (TPSA) is 59.6 Å². The molecule has 0 aliphatic heterocycles. The summed E-state index contributed by atoms with van der Waals surface area (Å²) in [7, 11) is 0. The molecule has 0 spiro atoms. The number of nitrogens with zero attached hydrogens (tertiary/aromatic N) is 2. The second kappa shape index (κ2) is 5.36. The molecule has 0 aliphatic carbocycles. The van der Waals surface area contributed by atoms with Crippen LogP contribution in [0.2, 0.25) is 0 Å². The van der Waals surface area contributed by atoms with Gasteiger partial charge in [-0.2, -0.15) is 23.7 Å². The molecule has 1 rings (SSSR count). The predicted octanol–water partition coefficient (Wildman–Crippen LogP) is 3.24. The van der Waals surface area contributed by atoms with Gasteiger partial charge in [0, 0.05) is 6.07 Å². The van der Waals surface area contributed by atoms with Gasteiger partial charge < -0.3 is 5.32 Å². The molecule has 0 atom stereocenters. The monoisotopic (exact) mass is 273 g/mol. The molecule has 0 amide bonds. The van der Waals surface area contributed by atoms with Gasteiger partial charge in [0.25, 0.3) is 0 Å². The first-order chi connectivity index (χ1) is 8.79. The van der Waals surface area contributed by atoms with Gasteiger partial charge in [-0.3, -0.25) is 0 Å². The summed E-state index contributed by atoms with van der Waals surface area (Å²) in [5.74, 6) is -2.13. The van der Waals surface area contributed by atoms with Crippen molar-refractivity contribution in [2.24, 2.45) is 0 Å². The van der Waals surface area contributed by atoms with Crippen LogP contribution in [0.4, 0.5) is 27.6 Å². The number of alkyl halides is 3. The molecule has 0 aliphatic rings. The summed E-state index contributed by atoms with van der Waals surface area (Å²) in [6.07, 6.45) is -5.08. The van der Waals surface area contributed by atoms with Crippen molar-refractivity contribution in [1.29, 1.82) is 10.5 Å². The van der Waals surface area contributed by atoms with Crippen molar-refractivity contribution < 1.29 is 22.0 Å². The summed E-state index contributed by atoms with van der Waals surface area (Å²) in [5, 5.41) is 18.4. The van der Waals surface area contributed by atoms with E-state index in [0.717, 1.165) is 12.1 Å². The SMILES string of the molecule is N#CC(C#N)=C(Nc1cc(F)ccc1F)C(F)(F)F. The summed E-state index contributed by atoms with van der Waals surface area (Å²) in [6, 6.07) is 3.88. The van der Waals surface area contributed by atoms with Crippen LogP contribution in [-0.2, 0) is 0 Å². The van der Waals surface area contributed by atoms with Crippen molar-refractivity contribution in [3.8, 4) is 12.1 Å². The minimum atomic E-state index is -5.08. The van der Waals surface area contributed by atoms with Crippen LogP contribution in [0.25, 0.3) is 0 Å². The van der Waals surface area contributed by atoms with Crippen molar-refractivity contribution in [2.45, 2.75) is 6.18 Å². The molecular formula is C11H4F5N3. The Morgan fingerprint density at radius 3 is 2.16 bits per heavy atom. The normalized spacial score (nSPS) is 10.3. The third kappa shape index (κ3) is 3.42. The van der Waals surface area contributed by atoms with Crippen LogP contribution in [0.3, 0.4) is 0 Å². The van der Waals surface area contributed by atoms with Crippen LogP contribution < -0.4 is 5.32 Å². The van der Waals surface area contributed by atoms with E-state index in [1.54, 1.807) is 0 Å². The molecule has 8 heteroatoms. The Bertz CT molecular complexity index is 588. The van der Waals surface area contributed by atoms with Crippen LogP contribution in [0.1, 0.15) is 0 Å². The Balaban J connectivity index is 3.33. The van der Waals surface area contributed by atoms with E-state index in [0.29, 0.717) is 18.2 Å². The van der Waals surface area contributed by atoms with Crippen molar-refractivity contribution in [3.05, 3.63) is 41.1 Å². The molecule has 1 N–H and O–H groups in total. The largest absolute Gasteiger partial charge is 0.433 e. The van der Waals surface area contributed by atoms with Gasteiger partial charge in [-0.05, 0) is 12.1 Å². The lowest BCUT2D eigenvalue weighted by atomic mass is 10.2. The molecule has 0 heterocycles. The first-order valence-electron chi connectivity index (χ1n) is 4.63. The molecule has 0 fully saturated rings. The van der Waals surface area contributed by atoms with E-state index >= 15 is 0 Å². The van der Waals surface area contributed by atoms with E-state index in [1.165, 1.54) is 5.32 Å². The molecule has 0 saturated heterocycles. The van der Waals surface area contributed by atoms with Gasteiger partial charge in [0.05, 0.1) is 5.69 Å². The van der Waals surface area contributed by atoms with Gasteiger partial charge in [-0.15, -0.1) is 0 Å². The lowest BCUT2D eigenvalue weighted by Gasteiger charge is -2.14. The standard InChI is InChI=1S/C11H4F5N3/c12-7-1-2-8(13)9(3-7)19-10(11(14,15)16)6(4-17)5-18/h1-3,19H. The Kier molecular flexibility index (Phi) is 4.07. The van der Waals surface area contributed by atoms with Crippen LogP contribution in [0.5, 0.6) is 0 Å². The predicted molar refractivity (Wildman–Crippen MR) is 54.3 cm³/mol. The Morgan fingerprint density at radius 2 is 1.68 bits per heavy atom. The van der Waals surface area contributed by atoms with E-state index in [1.807, 2.05) is 0 Å². The molecular weight excluding hydrogens is 269 g/mol. The zero-order chi connectivity index (χ0) is 14.6. The highest BCUT2D eigenvalue weighted by atomic mass is 19.4. The molecule has 0 saturated carbocycles. The smallest absolute Gasteiger partial charge is 0.347 e. The highest BCUT2D eigenvalue weighted by Gasteiger charge is 2.37. The van der Waals surface area contributed by atoms with Crippen LogP contribution >= 0.6 is 0 Å². The lowest BCUT2D eigenvalue weighted by Crippen LogP contribution is -2.21. The second-order valence-corrected chi connectivity index (χ2v) is 3.22. The summed E-state index contributed by atoms with van der Waals surface area (Å²) < 4.78 is 63.9. The third-order valence-corrected chi connectivity index (χ3v) is 1.95. The molecule has 98 valence electrons. The van der Waals surface area contributed by atoms with E-state index in [4.69, 9.17) is 10.5 Å². The van der Waals surface area contributed by atoms with E-state index < -0.39 is 34.8 Å². The lowest BCUT2D eigenvalue weighted by molar-refractivity contribution is -0.0906. The van der Waals surface area contributed by atoms with Crippen molar-refractivity contribution in [3.63, 3.8) is 0 Å². The van der Waals surface area contributed by atoms with Gasteiger partial charge in [0.2, 0.25) is 0 Å². The summed E-state index contributed by atoms with van der Waals surface area (Å²) in [5.41, 5.74) is -3.85. The number of nitriles is 2. The number of hydrogen-bond donors (Lipinski definition) is 1. The van der Waals surface area contributed by atoms with E-state index in [2.05, 4.69) is 0 Å². The van der Waals surface area contributed by atoms with Crippen LogP contribution in [-0.4, -0.2) is 6.18 Å². The number of benzene rings is 1. The van der Waals surface area contributed by atoms with Gasteiger partial charge in [0.15, 0.2) is 5.57 Å². The molecule has 0 radical (unpaired) electrons. The fraction of sp³-hybridized carbons (Fsp3) is 0.0909.